The van der Waals surface area contributed by atoms with Gasteiger partial charge in [-0.25, -0.2) is 4.79 Å². The number of hydrogen-bond donors (Lipinski definition) is 1. The first-order valence-corrected chi connectivity index (χ1v) is 7.77. The Bertz CT molecular complexity index is 458. The summed E-state index contributed by atoms with van der Waals surface area (Å²) >= 11 is 0. The van der Waals surface area contributed by atoms with Crippen molar-refractivity contribution in [3.05, 3.63) is 0 Å². The van der Waals surface area contributed by atoms with Gasteiger partial charge in [-0.2, -0.15) is 13.2 Å². The number of hydrogen-bond acceptors (Lipinski definition) is 3. The predicted octanol–water partition coefficient (Wildman–Crippen LogP) is 0.885. The van der Waals surface area contributed by atoms with E-state index in [0.29, 0.717) is 19.5 Å². The molecule has 2 heterocycles. The van der Waals surface area contributed by atoms with Crippen LogP contribution in [0.25, 0.3) is 0 Å². The zero-order valence-corrected chi connectivity index (χ0v) is 13.4. The molecule has 0 unspecified atom stereocenters. The number of nitrogens with zero attached hydrogens (tertiary/aromatic N) is 3. The molecule has 2 rings (SSSR count). The Balaban J connectivity index is 1.80. The molecule has 0 aromatic heterocycles. The summed E-state index contributed by atoms with van der Waals surface area (Å²) in [6.07, 6.45) is -3.52. The van der Waals surface area contributed by atoms with E-state index in [1.807, 2.05) is 0 Å². The Labute approximate surface area is 133 Å². The molecule has 0 bridgehead atoms. The summed E-state index contributed by atoms with van der Waals surface area (Å²) in [7, 11) is 0. The maximum atomic E-state index is 12.5. The molecule has 23 heavy (non-hydrogen) atoms. The first-order chi connectivity index (χ1) is 10.7. The number of carbonyl (C=O) groups is 2. The minimum Gasteiger partial charge on any atom is -0.341 e. The van der Waals surface area contributed by atoms with Crippen molar-refractivity contribution in [2.75, 3.05) is 39.3 Å². The van der Waals surface area contributed by atoms with E-state index in [1.54, 1.807) is 16.7 Å². The maximum absolute atomic E-state index is 12.5. The average molecular weight is 336 g/mol. The summed E-state index contributed by atoms with van der Waals surface area (Å²) in [5.74, 6) is -0.0175. The molecule has 2 aliphatic rings. The van der Waals surface area contributed by atoms with Crippen LogP contribution in [-0.4, -0.2) is 84.2 Å². The lowest BCUT2D eigenvalue weighted by Crippen LogP contribution is -2.58. The summed E-state index contributed by atoms with van der Waals surface area (Å²) < 4.78 is 37.4. The van der Waals surface area contributed by atoms with E-state index in [9.17, 15) is 22.8 Å². The molecular formula is C14H23F3N4O2. The van der Waals surface area contributed by atoms with Crippen molar-refractivity contribution < 1.29 is 22.8 Å². The molecule has 2 atom stereocenters. The fourth-order valence-electron chi connectivity index (χ4n) is 3.07. The van der Waals surface area contributed by atoms with E-state index < -0.39 is 12.7 Å². The third kappa shape index (κ3) is 4.98. The lowest BCUT2D eigenvalue weighted by molar-refractivity contribution is -0.153. The highest BCUT2D eigenvalue weighted by Gasteiger charge is 2.36. The fourth-order valence-corrected chi connectivity index (χ4v) is 3.07. The summed E-state index contributed by atoms with van der Waals surface area (Å²) in [6, 6.07) is -0.692. The molecule has 0 radical (unpaired) electrons. The van der Waals surface area contributed by atoms with Crippen molar-refractivity contribution in [1.82, 2.24) is 20.0 Å². The molecule has 3 amide bonds. The van der Waals surface area contributed by atoms with Crippen molar-refractivity contribution >= 4 is 11.9 Å². The number of halogens is 3. The highest BCUT2D eigenvalue weighted by molar-refractivity contribution is 5.76. The van der Waals surface area contributed by atoms with Crippen LogP contribution in [0.15, 0.2) is 0 Å². The normalized spacial score (nSPS) is 26.5. The van der Waals surface area contributed by atoms with Gasteiger partial charge in [-0.05, 0) is 13.3 Å². The summed E-state index contributed by atoms with van der Waals surface area (Å²) in [5.41, 5.74) is 0. The first kappa shape index (κ1) is 17.8. The van der Waals surface area contributed by atoms with Crippen molar-refractivity contribution in [2.24, 2.45) is 0 Å². The minimum atomic E-state index is -4.22. The second-order valence-electron chi connectivity index (χ2n) is 6.28. The number of alkyl halides is 3. The Kier molecular flexibility index (Phi) is 5.38. The summed E-state index contributed by atoms with van der Waals surface area (Å²) in [6.45, 7) is 4.10. The minimum absolute atomic E-state index is 0.0175. The number of likely N-dealkylation sites (tertiary alicyclic amines) is 1. The van der Waals surface area contributed by atoms with Crippen molar-refractivity contribution in [1.29, 1.82) is 0 Å². The maximum Gasteiger partial charge on any atom is 0.401 e. The van der Waals surface area contributed by atoms with Crippen LogP contribution in [0.1, 0.15) is 20.3 Å². The van der Waals surface area contributed by atoms with Gasteiger partial charge >= 0.3 is 12.2 Å². The quantitative estimate of drug-likeness (QED) is 0.815. The molecule has 2 fully saturated rings. The average Bonchev–Trinajstić information content (AvgIpc) is 2.88. The highest BCUT2D eigenvalue weighted by atomic mass is 19.4. The predicted molar refractivity (Wildman–Crippen MR) is 77.9 cm³/mol. The zero-order chi connectivity index (χ0) is 17.2. The molecule has 6 nitrogen and oxygen atoms in total. The van der Waals surface area contributed by atoms with E-state index in [1.165, 1.54) is 11.8 Å². The molecule has 0 saturated carbocycles. The third-order valence-corrected chi connectivity index (χ3v) is 4.40. The first-order valence-electron chi connectivity index (χ1n) is 7.77. The van der Waals surface area contributed by atoms with Gasteiger partial charge in [-0.3, -0.25) is 9.69 Å². The van der Waals surface area contributed by atoms with Gasteiger partial charge in [0, 0.05) is 51.7 Å². The van der Waals surface area contributed by atoms with Crippen molar-refractivity contribution in [3.8, 4) is 0 Å². The third-order valence-electron chi connectivity index (χ3n) is 4.40. The lowest BCUT2D eigenvalue weighted by atomic mass is 10.2. The van der Waals surface area contributed by atoms with Gasteiger partial charge in [-0.1, -0.05) is 0 Å². The van der Waals surface area contributed by atoms with Crippen LogP contribution in [0.4, 0.5) is 18.0 Å². The zero-order valence-electron chi connectivity index (χ0n) is 13.4. The van der Waals surface area contributed by atoms with Gasteiger partial charge in [-0.15, -0.1) is 0 Å². The molecule has 1 N–H and O–H groups in total. The molecular weight excluding hydrogens is 313 g/mol. The lowest BCUT2D eigenvalue weighted by Gasteiger charge is -2.40. The smallest absolute Gasteiger partial charge is 0.341 e. The van der Waals surface area contributed by atoms with E-state index >= 15 is 0 Å². The Morgan fingerprint density at radius 2 is 1.83 bits per heavy atom. The fraction of sp³-hybridized carbons (Fsp3) is 0.857. The van der Waals surface area contributed by atoms with Crippen LogP contribution in [-0.2, 0) is 4.79 Å². The summed E-state index contributed by atoms with van der Waals surface area (Å²) in [5, 5.41) is 2.87. The van der Waals surface area contributed by atoms with Crippen LogP contribution in [0.5, 0.6) is 0 Å². The molecule has 0 aromatic rings. The van der Waals surface area contributed by atoms with Crippen LogP contribution in [0.2, 0.25) is 0 Å². The largest absolute Gasteiger partial charge is 0.401 e. The molecule has 132 valence electrons. The number of amides is 3. The number of rotatable bonds is 2. The van der Waals surface area contributed by atoms with Gasteiger partial charge in [0.05, 0.1) is 6.54 Å². The molecule has 2 aliphatic heterocycles. The molecule has 9 heteroatoms. The van der Waals surface area contributed by atoms with E-state index in [2.05, 4.69) is 5.32 Å². The molecule has 0 aromatic carbocycles. The second kappa shape index (κ2) is 6.94. The Hall–Kier alpha value is -1.51. The summed E-state index contributed by atoms with van der Waals surface area (Å²) in [4.78, 5) is 28.1. The number of carbonyl (C=O) groups excluding carboxylic acids is 2. The monoisotopic (exact) mass is 336 g/mol. The van der Waals surface area contributed by atoms with Gasteiger partial charge < -0.3 is 15.1 Å². The number of nitrogens with one attached hydrogen (secondary N) is 1. The van der Waals surface area contributed by atoms with Crippen LogP contribution < -0.4 is 5.32 Å². The number of urea groups is 1. The Morgan fingerprint density at radius 3 is 2.35 bits per heavy atom. The molecule has 2 saturated heterocycles. The van der Waals surface area contributed by atoms with E-state index in [4.69, 9.17) is 0 Å². The standard InChI is InChI=1S/C14H23F3N4O2/c1-10-7-20(5-6-21(10)9-14(15,16)17)13(23)18-12-3-4-19(8-12)11(2)22/h10,12H,3-9H2,1-2H3,(H,18,23)/t10-,12-/m0/s1. The van der Waals surface area contributed by atoms with E-state index in [0.717, 1.165) is 0 Å². The Morgan fingerprint density at radius 1 is 1.13 bits per heavy atom. The van der Waals surface area contributed by atoms with Crippen LogP contribution >= 0.6 is 0 Å². The molecule has 0 aliphatic carbocycles. The van der Waals surface area contributed by atoms with Gasteiger partial charge in [0.2, 0.25) is 5.91 Å². The van der Waals surface area contributed by atoms with Crippen molar-refractivity contribution in [3.63, 3.8) is 0 Å². The molecule has 0 spiro atoms. The van der Waals surface area contributed by atoms with Crippen molar-refractivity contribution in [2.45, 2.75) is 38.5 Å². The van der Waals surface area contributed by atoms with Crippen LogP contribution in [0, 0.1) is 0 Å². The van der Waals surface area contributed by atoms with Gasteiger partial charge in [0.15, 0.2) is 0 Å². The van der Waals surface area contributed by atoms with Crippen LogP contribution in [0.3, 0.4) is 0 Å². The highest BCUT2D eigenvalue weighted by Crippen LogP contribution is 2.20. The van der Waals surface area contributed by atoms with Gasteiger partial charge in [0.25, 0.3) is 0 Å². The van der Waals surface area contributed by atoms with Gasteiger partial charge in [0.1, 0.15) is 0 Å². The SMILES string of the molecule is CC(=O)N1CC[C@H](NC(=O)N2CCN(CC(F)(F)F)[C@@H](C)C2)C1. The van der Waals surface area contributed by atoms with E-state index in [-0.39, 0.29) is 43.7 Å². The second-order valence-corrected chi connectivity index (χ2v) is 6.28. The number of piperazine rings is 1. The topological polar surface area (TPSA) is 55.9 Å².